The molecule has 0 saturated heterocycles. The Morgan fingerprint density at radius 3 is 2.67 bits per heavy atom. The first-order valence-electron chi connectivity index (χ1n) is 6.20. The average molecular weight is 244 g/mol. The van der Waals surface area contributed by atoms with Gasteiger partial charge in [-0.3, -0.25) is 4.98 Å². The smallest absolute Gasteiger partial charge is 0.145 e. The predicted octanol–water partition coefficient (Wildman–Crippen LogP) is 2.99. The zero-order valence-corrected chi connectivity index (χ0v) is 11.2. The summed E-state index contributed by atoms with van der Waals surface area (Å²) in [4.78, 5) is 4.36. The summed E-state index contributed by atoms with van der Waals surface area (Å²) in [6, 6.07) is 9.88. The van der Waals surface area contributed by atoms with Crippen LogP contribution in [0.2, 0.25) is 0 Å². The van der Waals surface area contributed by atoms with E-state index < -0.39 is 0 Å². The fourth-order valence-corrected chi connectivity index (χ4v) is 1.62. The molecule has 3 nitrogen and oxygen atoms in total. The molecule has 0 spiro atoms. The largest absolute Gasteiger partial charge is 0.490 e. The fraction of sp³-hybridized carbons (Fsp3) is 0.400. The number of benzene rings is 1. The van der Waals surface area contributed by atoms with E-state index in [1.807, 2.05) is 30.3 Å². The van der Waals surface area contributed by atoms with Crippen LogP contribution in [-0.4, -0.2) is 17.6 Å². The van der Waals surface area contributed by atoms with E-state index in [0.717, 1.165) is 16.7 Å². The SMILES string of the molecule is CC(C)(C)C(N)COc1cccc2cccnc12. The molecule has 2 rings (SSSR count). The third kappa shape index (κ3) is 2.79. The third-order valence-corrected chi connectivity index (χ3v) is 3.13. The van der Waals surface area contributed by atoms with Gasteiger partial charge in [0.05, 0.1) is 0 Å². The zero-order valence-electron chi connectivity index (χ0n) is 11.2. The van der Waals surface area contributed by atoms with Gasteiger partial charge in [0, 0.05) is 17.6 Å². The molecule has 2 N–H and O–H groups in total. The highest BCUT2D eigenvalue weighted by atomic mass is 16.5. The molecule has 0 aliphatic rings. The van der Waals surface area contributed by atoms with Crippen LogP contribution in [0, 0.1) is 5.41 Å². The summed E-state index contributed by atoms with van der Waals surface area (Å²) in [6.07, 6.45) is 1.78. The number of nitrogens with two attached hydrogens (primary N) is 1. The van der Waals surface area contributed by atoms with Gasteiger partial charge in [0.2, 0.25) is 0 Å². The van der Waals surface area contributed by atoms with Gasteiger partial charge in [-0.05, 0) is 17.5 Å². The summed E-state index contributed by atoms with van der Waals surface area (Å²) in [5.41, 5.74) is 7.03. The molecule has 1 heterocycles. The lowest BCUT2D eigenvalue weighted by atomic mass is 9.88. The van der Waals surface area contributed by atoms with Gasteiger partial charge in [-0.1, -0.05) is 39.0 Å². The highest BCUT2D eigenvalue weighted by molar-refractivity contribution is 5.84. The molecule has 3 heteroatoms. The maximum absolute atomic E-state index is 6.10. The fourth-order valence-electron chi connectivity index (χ4n) is 1.62. The van der Waals surface area contributed by atoms with Crippen LogP contribution in [-0.2, 0) is 0 Å². The van der Waals surface area contributed by atoms with Crippen molar-refractivity contribution < 1.29 is 4.74 Å². The first-order chi connectivity index (χ1) is 8.48. The Labute approximate surface area is 108 Å². The summed E-state index contributed by atoms with van der Waals surface area (Å²) in [5.74, 6) is 0.799. The summed E-state index contributed by atoms with van der Waals surface area (Å²) in [6.45, 7) is 6.84. The van der Waals surface area contributed by atoms with Crippen molar-refractivity contribution in [2.75, 3.05) is 6.61 Å². The molecule has 2 aromatic rings. The van der Waals surface area contributed by atoms with E-state index >= 15 is 0 Å². The van der Waals surface area contributed by atoms with Gasteiger partial charge >= 0.3 is 0 Å². The maximum atomic E-state index is 6.10. The molecule has 1 aromatic carbocycles. The van der Waals surface area contributed by atoms with E-state index in [0.29, 0.717) is 6.61 Å². The molecule has 0 bridgehead atoms. The molecule has 0 aliphatic heterocycles. The minimum absolute atomic E-state index is 0.00327. The van der Waals surface area contributed by atoms with Crippen molar-refractivity contribution in [3.05, 3.63) is 36.5 Å². The molecule has 0 radical (unpaired) electrons. The number of fused-ring (bicyclic) bond motifs is 1. The number of rotatable bonds is 3. The molecule has 0 amide bonds. The second kappa shape index (κ2) is 4.94. The van der Waals surface area contributed by atoms with Crippen LogP contribution < -0.4 is 10.5 Å². The first kappa shape index (κ1) is 12.8. The third-order valence-electron chi connectivity index (χ3n) is 3.13. The van der Waals surface area contributed by atoms with Crippen LogP contribution in [0.4, 0.5) is 0 Å². The summed E-state index contributed by atoms with van der Waals surface area (Å²) < 4.78 is 5.82. The van der Waals surface area contributed by atoms with Crippen LogP contribution in [0.5, 0.6) is 5.75 Å². The van der Waals surface area contributed by atoms with Crippen LogP contribution in [0.25, 0.3) is 10.9 Å². The second-order valence-electron chi connectivity index (χ2n) is 5.61. The Hall–Kier alpha value is -1.61. The van der Waals surface area contributed by atoms with Gasteiger partial charge < -0.3 is 10.5 Å². The van der Waals surface area contributed by atoms with E-state index in [9.17, 15) is 0 Å². The van der Waals surface area contributed by atoms with Crippen molar-refractivity contribution in [2.45, 2.75) is 26.8 Å². The second-order valence-corrected chi connectivity index (χ2v) is 5.61. The van der Waals surface area contributed by atoms with E-state index in [2.05, 4.69) is 25.8 Å². The Balaban J connectivity index is 2.18. The van der Waals surface area contributed by atoms with Gasteiger partial charge in [0.15, 0.2) is 0 Å². The van der Waals surface area contributed by atoms with Crippen molar-refractivity contribution >= 4 is 10.9 Å². The Morgan fingerprint density at radius 1 is 1.22 bits per heavy atom. The van der Waals surface area contributed by atoms with Crippen molar-refractivity contribution in [1.29, 1.82) is 0 Å². The number of aromatic nitrogens is 1. The van der Waals surface area contributed by atoms with Gasteiger partial charge in [-0.15, -0.1) is 0 Å². The highest BCUT2D eigenvalue weighted by Gasteiger charge is 2.21. The molecule has 0 saturated carbocycles. The Kier molecular flexibility index (Phi) is 3.53. The molecule has 1 unspecified atom stereocenters. The van der Waals surface area contributed by atoms with E-state index in [1.54, 1.807) is 6.20 Å². The number of para-hydroxylation sites is 1. The van der Waals surface area contributed by atoms with Crippen LogP contribution in [0.15, 0.2) is 36.5 Å². The monoisotopic (exact) mass is 244 g/mol. The summed E-state index contributed by atoms with van der Waals surface area (Å²) in [5, 5.41) is 1.08. The normalized spacial score (nSPS) is 13.6. The maximum Gasteiger partial charge on any atom is 0.145 e. The minimum Gasteiger partial charge on any atom is -0.490 e. The molecule has 18 heavy (non-hydrogen) atoms. The Morgan fingerprint density at radius 2 is 1.94 bits per heavy atom. The van der Waals surface area contributed by atoms with Crippen molar-refractivity contribution in [3.63, 3.8) is 0 Å². The number of hydrogen-bond donors (Lipinski definition) is 1. The lowest BCUT2D eigenvalue weighted by Crippen LogP contribution is -2.40. The lowest BCUT2D eigenvalue weighted by molar-refractivity contribution is 0.207. The molecule has 0 aliphatic carbocycles. The summed E-state index contributed by atoms with van der Waals surface area (Å²) in [7, 11) is 0. The van der Waals surface area contributed by atoms with Crippen LogP contribution in [0.1, 0.15) is 20.8 Å². The average Bonchev–Trinajstić information content (AvgIpc) is 2.34. The quantitative estimate of drug-likeness (QED) is 0.903. The lowest BCUT2D eigenvalue weighted by Gasteiger charge is -2.26. The topological polar surface area (TPSA) is 48.1 Å². The standard InChI is InChI=1S/C15H20N2O/c1-15(2,3)13(16)10-18-12-8-4-6-11-7-5-9-17-14(11)12/h4-9,13H,10,16H2,1-3H3. The van der Waals surface area contributed by atoms with Gasteiger partial charge in [-0.25, -0.2) is 0 Å². The molecule has 0 fully saturated rings. The highest BCUT2D eigenvalue weighted by Crippen LogP contribution is 2.24. The molecule has 96 valence electrons. The zero-order chi connectivity index (χ0) is 13.2. The molecule has 1 aromatic heterocycles. The number of ether oxygens (including phenoxy) is 1. The van der Waals surface area contributed by atoms with E-state index in [-0.39, 0.29) is 11.5 Å². The molecular weight excluding hydrogens is 224 g/mol. The minimum atomic E-state index is -0.00327. The number of nitrogens with zero attached hydrogens (tertiary/aromatic N) is 1. The van der Waals surface area contributed by atoms with E-state index in [4.69, 9.17) is 10.5 Å². The van der Waals surface area contributed by atoms with Gasteiger partial charge in [-0.2, -0.15) is 0 Å². The van der Waals surface area contributed by atoms with E-state index in [1.165, 1.54) is 0 Å². The molecule has 1 atom stereocenters. The van der Waals surface area contributed by atoms with Crippen LogP contribution in [0.3, 0.4) is 0 Å². The van der Waals surface area contributed by atoms with Gasteiger partial charge in [0.1, 0.15) is 17.9 Å². The van der Waals surface area contributed by atoms with Gasteiger partial charge in [0.25, 0.3) is 0 Å². The van der Waals surface area contributed by atoms with Crippen molar-refractivity contribution in [3.8, 4) is 5.75 Å². The molecular formula is C15H20N2O. The number of pyridine rings is 1. The predicted molar refractivity (Wildman–Crippen MR) is 74.7 cm³/mol. The number of hydrogen-bond acceptors (Lipinski definition) is 3. The Bertz CT molecular complexity index is 526. The first-order valence-corrected chi connectivity index (χ1v) is 6.20. The van der Waals surface area contributed by atoms with Crippen LogP contribution >= 0.6 is 0 Å². The van der Waals surface area contributed by atoms with Crippen molar-refractivity contribution in [1.82, 2.24) is 4.98 Å². The summed E-state index contributed by atoms with van der Waals surface area (Å²) >= 11 is 0. The van der Waals surface area contributed by atoms with Crippen molar-refractivity contribution in [2.24, 2.45) is 11.1 Å².